The SMILES string of the molecule is CCOc1ccc(C(=O)NC(CN)C2CCCCC2)cc1.Cl. The van der Waals surface area contributed by atoms with Gasteiger partial charge in [-0.2, -0.15) is 0 Å². The third-order valence-corrected chi connectivity index (χ3v) is 4.22. The van der Waals surface area contributed by atoms with Gasteiger partial charge >= 0.3 is 0 Å². The first-order valence-corrected chi connectivity index (χ1v) is 7.98. The van der Waals surface area contributed by atoms with E-state index in [1.165, 1.54) is 32.1 Å². The maximum atomic E-state index is 12.3. The number of amides is 1. The molecule has 0 radical (unpaired) electrons. The van der Waals surface area contributed by atoms with E-state index in [4.69, 9.17) is 10.5 Å². The lowest BCUT2D eigenvalue weighted by Crippen LogP contribution is -2.45. The van der Waals surface area contributed by atoms with Crippen LogP contribution in [0.3, 0.4) is 0 Å². The molecule has 0 spiro atoms. The molecule has 1 aromatic rings. The zero-order valence-corrected chi connectivity index (χ0v) is 14.0. The van der Waals surface area contributed by atoms with Crippen LogP contribution in [0, 0.1) is 5.92 Å². The van der Waals surface area contributed by atoms with Crippen LogP contribution < -0.4 is 15.8 Å². The van der Waals surface area contributed by atoms with Crippen molar-refractivity contribution < 1.29 is 9.53 Å². The van der Waals surface area contributed by atoms with Crippen LogP contribution >= 0.6 is 12.4 Å². The first kappa shape index (κ1) is 18.8. The molecule has 1 aliphatic carbocycles. The first-order valence-electron chi connectivity index (χ1n) is 7.98. The van der Waals surface area contributed by atoms with E-state index in [-0.39, 0.29) is 24.4 Å². The fourth-order valence-electron chi connectivity index (χ4n) is 3.03. The molecule has 1 fully saturated rings. The molecule has 1 aliphatic rings. The monoisotopic (exact) mass is 326 g/mol. The molecule has 1 aromatic carbocycles. The quantitative estimate of drug-likeness (QED) is 0.844. The van der Waals surface area contributed by atoms with Gasteiger partial charge in [0, 0.05) is 18.2 Å². The molecule has 124 valence electrons. The van der Waals surface area contributed by atoms with Crippen LogP contribution in [0.15, 0.2) is 24.3 Å². The predicted octanol–water partition coefficient (Wildman–Crippen LogP) is 3.14. The molecule has 22 heavy (non-hydrogen) atoms. The zero-order chi connectivity index (χ0) is 15.1. The first-order chi connectivity index (χ1) is 10.2. The number of hydrogen-bond donors (Lipinski definition) is 2. The summed E-state index contributed by atoms with van der Waals surface area (Å²) in [5, 5.41) is 3.10. The van der Waals surface area contributed by atoms with Gasteiger partial charge in [0.05, 0.1) is 6.61 Å². The van der Waals surface area contributed by atoms with Gasteiger partial charge in [0.15, 0.2) is 0 Å². The number of ether oxygens (including phenoxy) is 1. The minimum absolute atomic E-state index is 0. The molecule has 3 N–H and O–H groups in total. The van der Waals surface area contributed by atoms with Crippen LogP contribution in [0.4, 0.5) is 0 Å². The highest BCUT2D eigenvalue weighted by atomic mass is 35.5. The van der Waals surface area contributed by atoms with E-state index in [9.17, 15) is 4.79 Å². The van der Waals surface area contributed by atoms with Crippen LogP contribution in [0.25, 0.3) is 0 Å². The highest BCUT2D eigenvalue weighted by Gasteiger charge is 2.24. The van der Waals surface area contributed by atoms with Gasteiger partial charge in [-0.25, -0.2) is 0 Å². The Morgan fingerprint density at radius 1 is 1.27 bits per heavy atom. The van der Waals surface area contributed by atoms with E-state index in [2.05, 4.69) is 5.32 Å². The molecular formula is C17H27ClN2O2. The molecule has 0 saturated heterocycles. The van der Waals surface area contributed by atoms with Crippen molar-refractivity contribution in [2.75, 3.05) is 13.2 Å². The minimum Gasteiger partial charge on any atom is -0.494 e. The van der Waals surface area contributed by atoms with E-state index in [0.717, 1.165) is 5.75 Å². The average molecular weight is 327 g/mol. The lowest BCUT2D eigenvalue weighted by molar-refractivity contribution is 0.0915. The van der Waals surface area contributed by atoms with Crippen LogP contribution in [0.1, 0.15) is 49.4 Å². The Morgan fingerprint density at radius 2 is 1.91 bits per heavy atom. The Balaban J connectivity index is 0.00000242. The molecular weight excluding hydrogens is 300 g/mol. The number of hydrogen-bond acceptors (Lipinski definition) is 3. The molecule has 1 amide bonds. The molecule has 2 rings (SSSR count). The maximum Gasteiger partial charge on any atom is 0.251 e. The highest BCUT2D eigenvalue weighted by Crippen LogP contribution is 2.26. The Labute approximate surface area is 139 Å². The van der Waals surface area contributed by atoms with Gasteiger partial charge in [-0.1, -0.05) is 19.3 Å². The molecule has 0 bridgehead atoms. The fraction of sp³-hybridized carbons (Fsp3) is 0.588. The predicted molar refractivity (Wildman–Crippen MR) is 91.7 cm³/mol. The van der Waals surface area contributed by atoms with Crippen molar-refractivity contribution in [1.82, 2.24) is 5.32 Å². The number of nitrogens with one attached hydrogen (secondary N) is 1. The van der Waals surface area contributed by atoms with Gasteiger partial charge < -0.3 is 15.8 Å². The number of carbonyl (C=O) groups is 1. The van der Waals surface area contributed by atoms with E-state index in [1.54, 1.807) is 12.1 Å². The molecule has 1 atom stereocenters. The van der Waals surface area contributed by atoms with Gasteiger partial charge in [-0.3, -0.25) is 4.79 Å². The van der Waals surface area contributed by atoms with Gasteiger partial charge in [-0.15, -0.1) is 12.4 Å². The molecule has 5 heteroatoms. The van der Waals surface area contributed by atoms with Gasteiger partial charge in [0.1, 0.15) is 5.75 Å². The molecule has 1 unspecified atom stereocenters. The number of halogens is 1. The number of nitrogens with two attached hydrogens (primary N) is 1. The second-order valence-electron chi connectivity index (χ2n) is 5.67. The number of benzene rings is 1. The van der Waals surface area contributed by atoms with Crippen molar-refractivity contribution in [2.24, 2.45) is 11.7 Å². The molecule has 0 aliphatic heterocycles. The topological polar surface area (TPSA) is 64.3 Å². The van der Waals surface area contributed by atoms with Crippen molar-refractivity contribution in [3.8, 4) is 5.75 Å². The molecule has 0 aromatic heterocycles. The lowest BCUT2D eigenvalue weighted by Gasteiger charge is -2.30. The van der Waals surface area contributed by atoms with Crippen molar-refractivity contribution in [2.45, 2.75) is 45.1 Å². The van der Waals surface area contributed by atoms with Crippen LogP contribution in [0.5, 0.6) is 5.75 Å². The summed E-state index contributed by atoms with van der Waals surface area (Å²) in [5.41, 5.74) is 6.52. The Hall–Kier alpha value is -1.26. The van der Waals surface area contributed by atoms with Crippen LogP contribution in [-0.4, -0.2) is 25.1 Å². The van der Waals surface area contributed by atoms with E-state index >= 15 is 0 Å². The van der Waals surface area contributed by atoms with Crippen molar-refractivity contribution in [3.63, 3.8) is 0 Å². The number of rotatable bonds is 6. The standard InChI is InChI=1S/C17H26N2O2.ClH/c1-2-21-15-10-8-14(9-11-15)17(20)19-16(12-18)13-6-4-3-5-7-13;/h8-11,13,16H,2-7,12,18H2,1H3,(H,19,20);1H. The Morgan fingerprint density at radius 3 is 2.45 bits per heavy atom. The summed E-state index contributed by atoms with van der Waals surface area (Å²) < 4.78 is 5.39. The summed E-state index contributed by atoms with van der Waals surface area (Å²) in [7, 11) is 0. The second kappa shape index (κ2) is 9.70. The third-order valence-electron chi connectivity index (χ3n) is 4.22. The van der Waals surface area contributed by atoms with E-state index in [0.29, 0.717) is 24.6 Å². The van der Waals surface area contributed by atoms with Crippen LogP contribution in [-0.2, 0) is 0 Å². The molecule has 0 heterocycles. The zero-order valence-electron chi connectivity index (χ0n) is 13.2. The van der Waals surface area contributed by atoms with Crippen LogP contribution in [0.2, 0.25) is 0 Å². The number of carbonyl (C=O) groups excluding carboxylic acids is 1. The van der Waals surface area contributed by atoms with E-state index in [1.807, 2.05) is 19.1 Å². The lowest BCUT2D eigenvalue weighted by atomic mass is 9.84. The van der Waals surface area contributed by atoms with E-state index < -0.39 is 0 Å². The molecule has 4 nitrogen and oxygen atoms in total. The van der Waals surface area contributed by atoms with Crippen molar-refractivity contribution in [3.05, 3.63) is 29.8 Å². The summed E-state index contributed by atoms with van der Waals surface area (Å²) in [6.07, 6.45) is 6.15. The summed E-state index contributed by atoms with van der Waals surface area (Å²) in [5.74, 6) is 1.27. The van der Waals surface area contributed by atoms with Gasteiger partial charge in [-0.05, 0) is 49.9 Å². The summed E-state index contributed by atoms with van der Waals surface area (Å²) in [4.78, 5) is 12.3. The third kappa shape index (κ3) is 5.18. The summed E-state index contributed by atoms with van der Waals surface area (Å²) in [6, 6.07) is 7.35. The fourth-order valence-corrected chi connectivity index (χ4v) is 3.03. The smallest absolute Gasteiger partial charge is 0.251 e. The minimum atomic E-state index is -0.0425. The normalized spacial score (nSPS) is 16.5. The van der Waals surface area contributed by atoms with Crippen molar-refractivity contribution in [1.29, 1.82) is 0 Å². The largest absolute Gasteiger partial charge is 0.494 e. The maximum absolute atomic E-state index is 12.3. The Bertz CT molecular complexity index is 444. The Kier molecular flexibility index (Phi) is 8.28. The average Bonchev–Trinajstić information content (AvgIpc) is 2.54. The summed E-state index contributed by atoms with van der Waals surface area (Å²) >= 11 is 0. The van der Waals surface area contributed by atoms with Gasteiger partial charge in [0.2, 0.25) is 0 Å². The second-order valence-corrected chi connectivity index (χ2v) is 5.67. The highest BCUT2D eigenvalue weighted by molar-refractivity contribution is 5.94. The van der Waals surface area contributed by atoms with Gasteiger partial charge in [0.25, 0.3) is 5.91 Å². The van der Waals surface area contributed by atoms with Crippen molar-refractivity contribution >= 4 is 18.3 Å². The summed E-state index contributed by atoms with van der Waals surface area (Å²) in [6.45, 7) is 3.08. The molecule has 1 saturated carbocycles.